The van der Waals surface area contributed by atoms with Crippen LogP contribution in [0.2, 0.25) is 0 Å². The number of aliphatic hydroxyl groups excluding tert-OH is 8. The van der Waals surface area contributed by atoms with Gasteiger partial charge in [0.15, 0.2) is 12.6 Å². The number of hydrogen-bond donors (Lipinski definition) is 9. The standard InChI is InChI=1S/C42H77NO13/c1-3-5-7-9-11-12-13-14-15-16-17-18-19-20-22-24-26-34(47)43-30(31(46)25-23-21-10-8-6-4-2)29-53-41-39(52)37(50)40(33(28-45)55-41)56-42-38(51)36(49)35(48)32(27-44)54-42/h15-16,23,25,30-33,35-42,44-46,48-52H,3-14,17-22,24,26-29H2,1-2H3,(H,43,47)/b16-15-,25-23+. The summed E-state index contributed by atoms with van der Waals surface area (Å²) in [5.74, 6) is -0.256. The van der Waals surface area contributed by atoms with Gasteiger partial charge in [-0.1, -0.05) is 115 Å². The summed E-state index contributed by atoms with van der Waals surface area (Å²) in [6.07, 6.45) is 12.7. The molecule has 0 aromatic carbocycles. The van der Waals surface area contributed by atoms with E-state index in [9.17, 15) is 45.6 Å². The largest absolute Gasteiger partial charge is 0.394 e. The van der Waals surface area contributed by atoms with Crippen molar-refractivity contribution in [2.24, 2.45) is 0 Å². The third-order valence-corrected chi connectivity index (χ3v) is 10.6. The quantitative estimate of drug-likeness (QED) is 0.0362. The Labute approximate surface area is 335 Å². The summed E-state index contributed by atoms with van der Waals surface area (Å²) in [6, 6.07) is -0.911. The fourth-order valence-corrected chi connectivity index (χ4v) is 6.99. The predicted molar refractivity (Wildman–Crippen MR) is 212 cm³/mol. The van der Waals surface area contributed by atoms with Crippen LogP contribution >= 0.6 is 0 Å². The van der Waals surface area contributed by atoms with Crippen molar-refractivity contribution < 1.29 is 64.6 Å². The normalized spacial score (nSPS) is 29.6. The Kier molecular flexibility index (Phi) is 27.6. The van der Waals surface area contributed by atoms with Crippen LogP contribution in [0, 0.1) is 0 Å². The van der Waals surface area contributed by atoms with Gasteiger partial charge in [-0.2, -0.15) is 0 Å². The Morgan fingerprint density at radius 1 is 0.625 bits per heavy atom. The molecule has 0 saturated carbocycles. The summed E-state index contributed by atoms with van der Waals surface area (Å²) in [6.45, 7) is 2.65. The fraction of sp³-hybridized carbons (Fsp3) is 0.881. The highest BCUT2D eigenvalue weighted by Gasteiger charge is 2.50. The highest BCUT2D eigenvalue weighted by atomic mass is 16.7. The van der Waals surface area contributed by atoms with E-state index < -0.39 is 86.8 Å². The lowest BCUT2D eigenvalue weighted by atomic mass is 9.97. The van der Waals surface area contributed by atoms with Gasteiger partial charge in [-0.3, -0.25) is 4.79 Å². The zero-order valence-corrected chi connectivity index (χ0v) is 34.1. The molecule has 2 fully saturated rings. The second-order valence-corrected chi connectivity index (χ2v) is 15.5. The summed E-state index contributed by atoms with van der Waals surface area (Å²) in [5.41, 5.74) is 0. The SMILES string of the molecule is CCCCCC/C=C/C(O)C(COC1OC(CO)C(OC2OC(CO)C(O)C(O)C2O)C(O)C1O)NC(=O)CCCCCCC/C=C\CCCCCCCCC. The van der Waals surface area contributed by atoms with Crippen molar-refractivity contribution in [2.45, 2.75) is 216 Å². The van der Waals surface area contributed by atoms with Crippen LogP contribution in [0.1, 0.15) is 142 Å². The topological polar surface area (TPSA) is 228 Å². The van der Waals surface area contributed by atoms with Gasteiger partial charge in [-0.25, -0.2) is 0 Å². The highest BCUT2D eigenvalue weighted by Crippen LogP contribution is 2.30. The summed E-state index contributed by atoms with van der Waals surface area (Å²) >= 11 is 0. The van der Waals surface area contributed by atoms with Crippen LogP contribution < -0.4 is 5.32 Å². The van der Waals surface area contributed by atoms with Crippen molar-refractivity contribution in [1.82, 2.24) is 5.32 Å². The van der Waals surface area contributed by atoms with E-state index in [2.05, 4.69) is 31.3 Å². The molecule has 0 aliphatic carbocycles. The molecule has 14 nitrogen and oxygen atoms in total. The van der Waals surface area contributed by atoms with E-state index in [0.29, 0.717) is 6.42 Å². The maximum absolute atomic E-state index is 13.0. The zero-order valence-electron chi connectivity index (χ0n) is 34.1. The van der Waals surface area contributed by atoms with E-state index in [1.807, 2.05) is 6.08 Å². The van der Waals surface area contributed by atoms with Gasteiger partial charge in [0.25, 0.3) is 0 Å². The smallest absolute Gasteiger partial charge is 0.220 e. The Morgan fingerprint density at radius 2 is 1.12 bits per heavy atom. The van der Waals surface area contributed by atoms with Gasteiger partial charge in [0.05, 0.1) is 32.0 Å². The van der Waals surface area contributed by atoms with E-state index in [0.717, 1.165) is 70.6 Å². The first kappa shape index (κ1) is 50.6. The minimum Gasteiger partial charge on any atom is -0.394 e. The molecule has 0 aromatic heterocycles. The molecule has 1 amide bonds. The van der Waals surface area contributed by atoms with Crippen LogP contribution in [-0.4, -0.2) is 140 Å². The highest BCUT2D eigenvalue weighted by molar-refractivity contribution is 5.76. The van der Waals surface area contributed by atoms with Gasteiger partial charge in [-0.05, 0) is 44.9 Å². The molecule has 9 N–H and O–H groups in total. The molecule has 2 rings (SSSR count). The fourth-order valence-electron chi connectivity index (χ4n) is 6.99. The monoisotopic (exact) mass is 804 g/mol. The van der Waals surface area contributed by atoms with E-state index >= 15 is 0 Å². The molecule has 0 spiro atoms. The number of carbonyl (C=O) groups is 1. The summed E-state index contributed by atoms with van der Waals surface area (Å²) < 4.78 is 22.5. The van der Waals surface area contributed by atoms with Crippen LogP contribution in [0.25, 0.3) is 0 Å². The minimum absolute atomic E-state index is 0.256. The molecule has 2 aliphatic heterocycles. The first-order valence-electron chi connectivity index (χ1n) is 21.6. The lowest BCUT2D eigenvalue weighted by molar-refractivity contribution is -0.359. The number of allylic oxidation sites excluding steroid dienone is 3. The number of carbonyl (C=O) groups excluding carboxylic acids is 1. The van der Waals surface area contributed by atoms with Crippen LogP contribution in [-0.2, 0) is 23.7 Å². The predicted octanol–water partition coefficient (Wildman–Crippen LogP) is 3.43. The minimum atomic E-state index is -1.78. The van der Waals surface area contributed by atoms with Crippen LogP contribution in [0.3, 0.4) is 0 Å². The van der Waals surface area contributed by atoms with Gasteiger partial charge >= 0.3 is 0 Å². The molecule has 12 atom stereocenters. The maximum atomic E-state index is 13.0. The molecule has 56 heavy (non-hydrogen) atoms. The van der Waals surface area contributed by atoms with Gasteiger partial charge in [0, 0.05) is 6.42 Å². The van der Waals surface area contributed by atoms with E-state index in [-0.39, 0.29) is 18.9 Å². The number of nitrogens with one attached hydrogen (secondary N) is 1. The number of unbranched alkanes of at least 4 members (excludes halogenated alkanes) is 16. The average molecular weight is 804 g/mol. The molecule has 14 heteroatoms. The molecule has 328 valence electrons. The number of aliphatic hydroxyl groups is 8. The molecule has 0 aromatic rings. The first-order chi connectivity index (χ1) is 27.1. The molecule has 0 radical (unpaired) electrons. The lowest BCUT2D eigenvalue weighted by Gasteiger charge is -2.46. The lowest BCUT2D eigenvalue weighted by Crippen LogP contribution is -2.65. The Morgan fingerprint density at radius 3 is 1.71 bits per heavy atom. The summed E-state index contributed by atoms with van der Waals surface area (Å²) in [4.78, 5) is 13.0. The number of rotatable bonds is 31. The summed E-state index contributed by atoms with van der Waals surface area (Å²) in [7, 11) is 0. The zero-order chi connectivity index (χ0) is 41.1. The van der Waals surface area contributed by atoms with E-state index in [1.165, 1.54) is 44.9 Å². The molecule has 2 aliphatic rings. The van der Waals surface area contributed by atoms with Crippen molar-refractivity contribution in [1.29, 1.82) is 0 Å². The number of ether oxygens (including phenoxy) is 4. The van der Waals surface area contributed by atoms with Crippen molar-refractivity contribution in [3.05, 3.63) is 24.3 Å². The second kappa shape index (κ2) is 30.5. The van der Waals surface area contributed by atoms with Gasteiger partial charge in [0.2, 0.25) is 5.91 Å². The molecule has 2 saturated heterocycles. The first-order valence-corrected chi connectivity index (χ1v) is 21.6. The van der Waals surface area contributed by atoms with Gasteiger partial charge in [0.1, 0.15) is 48.8 Å². The maximum Gasteiger partial charge on any atom is 0.220 e. The van der Waals surface area contributed by atoms with Crippen LogP contribution in [0.5, 0.6) is 0 Å². The average Bonchev–Trinajstić information content (AvgIpc) is 3.19. The third-order valence-electron chi connectivity index (χ3n) is 10.6. The summed E-state index contributed by atoms with van der Waals surface area (Å²) in [5, 5.41) is 86.0. The van der Waals surface area contributed by atoms with E-state index in [4.69, 9.17) is 18.9 Å². The van der Waals surface area contributed by atoms with Crippen molar-refractivity contribution in [3.8, 4) is 0 Å². The molecule has 12 unspecified atom stereocenters. The Hall–Kier alpha value is -1.53. The number of hydrogen-bond acceptors (Lipinski definition) is 13. The second-order valence-electron chi connectivity index (χ2n) is 15.5. The van der Waals surface area contributed by atoms with Crippen molar-refractivity contribution in [2.75, 3.05) is 19.8 Å². The Balaban J connectivity index is 1.85. The van der Waals surface area contributed by atoms with Crippen molar-refractivity contribution >= 4 is 5.91 Å². The molecule has 2 heterocycles. The molecule has 0 bridgehead atoms. The van der Waals surface area contributed by atoms with Crippen LogP contribution in [0.15, 0.2) is 24.3 Å². The number of amides is 1. The molecular formula is C42H77NO13. The van der Waals surface area contributed by atoms with Gasteiger partial charge < -0.3 is 65.1 Å². The van der Waals surface area contributed by atoms with E-state index in [1.54, 1.807) is 6.08 Å². The van der Waals surface area contributed by atoms with Crippen molar-refractivity contribution in [3.63, 3.8) is 0 Å². The molecular weight excluding hydrogens is 726 g/mol. The third kappa shape index (κ3) is 19.0. The van der Waals surface area contributed by atoms with Gasteiger partial charge in [-0.15, -0.1) is 0 Å². The Bertz CT molecular complexity index is 1050. The van der Waals surface area contributed by atoms with Crippen LogP contribution in [0.4, 0.5) is 0 Å².